The van der Waals surface area contributed by atoms with Crippen LogP contribution in [-0.4, -0.2) is 56.4 Å². The Morgan fingerprint density at radius 2 is 1.96 bits per heavy atom. The van der Waals surface area contributed by atoms with Crippen LogP contribution in [0.2, 0.25) is 0 Å². The summed E-state index contributed by atoms with van der Waals surface area (Å²) in [5, 5.41) is 2.81. The second-order valence-electron chi connectivity index (χ2n) is 5.38. The molecule has 0 unspecified atom stereocenters. The molecule has 1 aromatic heterocycles. The molecule has 0 spiro atoms. The van der Waals surface area contributed by atoms with Crippen molar-refractivity contribution in [3.05, 3.63) is 36.3 Å². The number of carbonyl (C=O) groups is 1. The number of rotatable bonds is 5. The van der Waals surface area contributed by atoms with Crippen molar-refractivity contribution < 1.29 is 19.0 Å². The minimum absolute atomic E-state index is 0.286. The lowest BCUT2D eigenvalue weighted by molar-refractivity contribution is 0.102. The van der Waals surface area contributed by atoms with Crippen LogP contribution >= 0.6 is 0 Å². The molecule has 1 aromatic carbocycles. The molecule has 0 bridgehead atoms. The van der Waals surface area contributed by atoms with Crippen LogP contribution in [0, 0.1) is 0 Å². The van der Waals surface area contributed by atoms with Gasteiger partial charge in [-0.3, -0.25) is 4.79 Å². The molecule has 1 aliphatic rings. The summed E-state index contributed by atoms with van der Waals surface area (Å²) in [6.07, 6.45) is 1.39. The fourth-order valence-electron chi connectivity index (χ4n) is 2.52. The number of anilines is 2. The molecule has 2 heterocycles. The van der Waals surface area contributed by atoms with E-state index in [2.05, 4.69) is 20.2 Å². The van der Waals surface area contributed by atoms with Gasteiger partial charge in [0.05, 0.1) is 33.1 Å². The quantitative estimate of drug-likeness (QED) is 0.881. The molecule has 0 saturated carbocycles. The molecule has 1 amide bonds. The third-order valence-electron chi connectivity index (χ3n) is 3.88. The summed E-state index contributed by atoms with van der Waals surface area (Å²) in [6.45, 7) is 2.78. The Bertz CT molecular complexity index is 747. The number of amides is 1. The van der Waals surface area contributed by atoms with Crippen LogP contribution in [0.15, 0.2) is 30.6 Å². The number of aromatic nitrogens is 2. The van der Waals surface area contributed by atoms with E-state index in [-0.39, 0.29) is 11.6 Å². The van der Waals surface area contributed by atoms with Crippen LogP contribution in [0.3, 0.4) is 0 Å². The number of methoxy groups -OCH3 is 2. The topological polar surface area (TPSA) is 85.8 Å². The van der Waals surface area contributed by atoms with E-state index < -0.39 is 0 Å². The average molecular weight is 344 g/mol. The molecule has 1 N–H and O–H groups in total. The highest BCUT2D eigenvalue weighted by molar-refractivity contribution is 6.04. The first kappa shape index (κ1) is 17.0. The SMILES string of the molecule is COc1ccc(NC(=O)c2cc(N3CCOCC3)ncn2)c(OC)c1. The second kappa shape index (κ2) is 7.80. The zero-order chi connectivity index (χ0) is 17.6. The summed E-state index contributed by atoms with van der Waals surface area (Å²) >= 11 is 0. The number of benzene rings is 1. The fraction of sp³-hybridized carbons (Fsp3) is 0.353. The highest BCUT2D eigenvalue weighted by Gasteiger charge is 2.16. The van der Waals surface area contributed by atoms with Gasteiger partial charge in [0.25, 0.3) is 5.91 Å². The first-order chi connectivity index (χ1) is 12.2. The molecule has 1 fully saturated rings. The number of hydrogen-bond acceptors (Lipinski definition) is 7. The molecular weight excluding hydrogens is 324 g/mol. The third kappa shape index (κ3) is 3.97. The lowest BCUT2D eigenvalue weighted by atomic mass is 10.2. The predicted octanol–water partition coefficient (Wildman–Crippen LogP) is 1.58. The molecule has 2 aromatic rings. The molecule has 8 nitrogen and oxygen atoms in total. The monoisotopic (exact) mass is 344 g/mol. The predicted molar refractivity (Wildman–Crippen MR) is 92.6 cm³/mol. The number of morpholine rings is 1. The van der Waals surface area contributed by atoms with Crippen LogP contribution < -0.4 is 19.7 Å². The fourth-order valence-corrected chi connectivity index (χ4v) is 2.52. The maximum absolute atomic E-state index is 12.5. The van der Waals surface area contributed by atoms with E-state index in [9.17, 15) is 4.79 Å². The van der Waals surface area contributed by atoms with Gasteiger partial charge >= 0.3 is 0 Å². The molecule has 132 valence electrons. The maximum Gasteiger partial charge on any atom is 0.274 e. The van der Waals surface area contributed by atoms with Gasteiger partial charge < -0.3 is 24.4 Å². The van der Waals surface area contributed by atoms with E-state index in [1.54, 1.807) is 31.4 Å². The summed E-state index contributed by atoms with van der Waals surface area (Å²) in [4.78, 5) is 22.9. The van der Waals surface area contributed by atoms with Crippen LogP contribution in [0.5, 0.6) is 11.5 Å². The van der Waals surface area contributed by atoms with Crippen LogP contribution in [-0.2, 0) is 4.74 Å². The van der Waals surface area contributed by atoms with E-state index in [1.807, 2.05) is 0 Å². The molecule has 1 aliphatic heterocycles. The van der Waals surface area contributed by atoms with Crippen molar-refractivity contribution >= 4 is 17.4 Å². The van der Waals surface area contributed by atoms with E-state index >= 15 is 0 Å². The van der Waals surface area contributed by atoms with Crippen molar-refractivity contribution in [1.82, 2.24) is 9.97 Å². The summed E-state index contributed by atoms with van der Waals surface area (Å²) < 4.78 is 15.8. The molecule has 3 rings (SSSR count). The Labute approximate surface area is 145 Å². The lowest BCUT2D eigenvalue weighted by Crippen LogP contribution is -2.37. The van der Waals surface area contributed by atoms with E-state index in [4.69, 9.17) is 14.2 Å². The van der Waals surface area contributed by atoms with Gasteiger partial charge in [-0.1, -0.05) is 0 Å². The van der Waals surface area contributed by atoms with Gasteiger partial charge in [-0.2, -0.15) is 0 Å². The largest absolute Gasteiger partial charge is 0.497 e. The first-order valence-corrected chi connectivity index (χ1v) is 7.89. The Hall–Kier alpha value is -2.87. The highest BCUT2D eigenvalue weighted by Crippen LogP contribution is 2.29. The van der Waals surface area contributed by atoms with Crippen LogP contribution in [0.1, 0.15) is 10.5 Å². The van der Waals surface area contributed by atoms with Gasteiger partial charge in [0.2, 0.25) is 0 Å². The van der Waals surface area contributed by atoms with Crippen molar-refractivity contribution in [2.45, 2.75) is 0 Å². The number of nitrogens with one attached hydrogen (secondary N) is 1. The number of nitrogens with zero attached hydrogens (tertiary/aromatic N) is 3. The van der Waals surface area contributed by atoms with Crippen molar-refractivity contribution in [3.8, 4) is 11.5 Å². The van der Waals surface area contributed by atoms with E-state index in [0.717, 1.165) is 13.1 Å². The summed E-state index contributed by atoms with van der Waals surface area (Å²) in [5.41, 5.74) is 0.828. The van der Waals surface area contributed by atoms with Crippen molar-refractivity contribution in [2.75, 3.05) is 50.7 Å². The molecule has 1 saturated heterocycles. The van der Waals surface area contributed by atoms with Crippen molar-refractivity contribution in [3.63, 3.8) is 0 Å². The zero-order valence-corrected chi connectivity index (χ0v) is 14.2. The Balaban J connectivity index is 1.77. The molecule has 25 heavy (non-hydrogen) atoms. The van der Waals surface area contributed by atoms with Gasteiger partial charge in [-0.25, -0.2) is 9.97 Å². The molecule has 0 aliphatic carbocycles. The third-order valence-corrected chi connectivity index (χ3v) is 3.88. The first-order valence-electron chi connectivity index (χ1n) is 7.89. The Kier molecular flexibility index (Phi) is 5.30. The molecule has 0 radical (unpaired) electrons. The van der Waals surface area contributed by atoms with Crippen molar-refractivity contribution in [2.24, 2.45) is 0 Å². The summed E-state index contributed by atoms with van der Waals surface area (Å²) in [6, 6.07) is 6.85. The number of ether oxygens (including phenoxy) is 3. The normalized spacial score (nSPS) is 14.1. The summed E-state index contributed by atoms with van der Waals surface area (Å²) in [5.74, 6) is 1.53. The van der Waals surface area contributed by atoms with Crippen molar-refractivity contribution in [1.29, 1.82) is 0 Å². The minimum atomic E-state index is -0.333. The van der Waals surface area contributed by atoms with E-state index in [1.165, 1.54) is 13.4 Å². The molecule has 8 heteroatoms. The Morgan fingerprint density at radius 1 is 1.16 bits per heavy atom. The van der Waals surface area contributed by atoms with Gasteiger partial charge in [0.1, 0.15) is 29.3 Å². The molecular formula is C17H20N4O4. The smallest absolute Gasteiger partial charge is 0.274 e. The van der Waals surface area contributed by atoms with Crippen LogP contribution in [0.25, 0.3) is 0 Å². The van der Waals surface area contributed by atoms with Gasteiger partial charge in [-0.05, 0) is 12.1 Å². The number of carbonyl (C=O) groups excluding carboxylic acids is 1. The average Bonchev–Trinajstić information content (AvgIpc) is 2.69. The zero-order valence-electron chi connectivity index (χ0n) is 14.2. The maximum atomic E-state index is 12.5. The Morgan fingerprint density at radius 3 is 2.68 bits per heavy atom. The highest BCUT2D eigenvalue weighted by atomic mass is 16.5. The van der Waals surface area contributed by atoms with E-state index in [0.29, 0.717) is 36.2 Å². The summed E-state index contributed by atoms with van der Waals surface area (Å²) in [7, 11) is 3.10. The second-order valence-corrected chi connectivity index (χ2v) is 5.38. The van der Waals surface area contributed by atoms with Crippen LogP contribution in [0.4, 0.5) is 11.5 Å². The van der Waals surface area contributed by atoms with Gasteiger partial charge in [-0.15, -0.1) is 0 Å². The van der Waals surface area contributed by atoms with Gasteiger partial charge in [0, 0.05) is 25.2 Å². The lowest BCUT2D eigenvalue weighted by Gasteiger charge is -2.27. The minimum Gasteiger partial charge on any atom is -0.497 e. The number of hydrogen-bond donors (Lipinski definition) is 1. The molecule has 0 atom stereocenters. The standard InChI is InChI=1S/C17H20N4O4/c1-23-12-3-4-13(15(9-12)24-2)20-17(22)14-10-16(19-11-18-14)21-5-7-25-8-6-21/h3-4,9-11H,5-8H2,1-2H3,(H,20,22). The van der Waals surface area contributed by atoms with Gasteiger partial charge in [0.15, 0.2) is 0 Å².